The van der Waals surface area contributed by atoms with Gasteiger partial charge in [0.2, 0.25) is 10.0 Å². The predicted octanol–water partition coefficient (Wildman–Crippen LogP) is 1.39. The van der Waals surface area contributed by atoms with Gasteiger partial charge in [-0.1, -0.05) is 12.5 Å². The molecule has 0 bridgehead atoms. The number of hydrogen-bond donors (Lipinski definition) is 0. The molecule has 0 radical (unpaired) electrons. The smallest absolute Gasteiger partial charge is 0.270 e. The molecule has 8 nitrogen and oxygen atoms in total. The maximum absolute atomic E-state index is 12.8. The van der Waals surface area contributed by atoms with Crippen molar-refractivity contribution in [2.45, 2.75) is 24.2 Å². The molecule has 0 aliphatic carbocycles. The third-order valence-electron chi connectivity index (χ3n) is 5.18. The number of hydrogen-bond acceptors (Lipinski definition) is 6. The monoisotopic (exact) mass is 382 g/mol. The predicted molar refractivity (Wildman–Crippen MR) is 98.6 cm³/mol. The minimum Gasteiger partial charge on any atom is -0.302 e. The Bertz CT molecular complexity index is 726. The zero-order valence-corrected chi connectivity index (χ0v) is 15.7. The normalized spacial score (nSPS) is 20.9. The van der Waals surface area contributed by atoms with Gasteiger partial charge in [-0.2, -0.15) is 4.31 Å². The molecule has 9 heteroatoms. The van der Waals surface area contributed by atoms with Gasteiger partial charge in [-0.25, -0.2) is 8.42 Å². The Kier molecular flexibility index (Phi) is 6.23. The quantitative estimate of drug-likeness (QED) is 0.546. The number of likely N-dealkylation sites (tertiary alicyclic amines) is 1. The lowest BCUT2D eigenvalue weighted by Gasteiger charge is -2.35. The van der Waals surface area contributed by atoms with Crippen molar-refractivity contribution < 1.29 is 13.3 Å². The van der Waals surface area contributed by atoms with Gasteiger partial charge in [0, 0.05) is 51.4 Å². The third-order valence-corrected chi connectivity index (χ3v) is 7.07. The van der Waals surface area contributed by atoms with Crippen molar-refractivity contribution in [3.05, 3.63) is 34.4 Å². The van der Waals surface area contributed by atoms with Crippen molar-refractivity contribution in [3.8, 4) is 0 Å². The Hall–Kier alpha value is -1.55. The minimum atomic E-state index is -3.69. The summed E-state index contributed by atoms with van der Waals surface area (Å²) < 4.78 is 26.9. The van der Waals surface area contributed by atoms with E-state index in [0.29, 0.717) is 26.2 Å². The number of non-ortho nitro benzene ring substituents is 1. The second-order valence-corrected chi connectivity index (χ2v) is 8.84. The van der Waals surface area contributed by atoms with Crippen molar-refractivity contribution in [1.82, 2.24) is 14.1 Å². The topological polar surface area (TPSA) is 87.0 Å². The minimum absolute atomic E-state index is 0.00605. The Morgan fingerprint density at radius 2 is 1.54 bits per heavy atom. The third kappa shape index (κ3) is 4.59. The zero-order valence-electron chi connectivity index (χ0n) is 14.9. The van der Waals surface area contributed by atoms with Crippen molar-refractivity contribution >= 4 is 15.7 Å². The molecule has 0 N–H and O–H groups in total. The second kappa shape index (κ2) is 8.43. The van der Waals surface area contributed by atoms with Crippen molar-refractivity contribution in [3.63, 3.8) is 0 Å². The van der Waals surface area contributed by atoms with Crippen LogP contribution in [-0.2, 0) is 10.0 Å². The second-order valence-electron chi connectivity index (χ2n) is 6.90. The lowest BCUT2D eigenvalue weighted by Crippen LogP contribution is -2.50. The summed E-state index contributed by atoms with van der Waals surface area (Å²) in [6, 6.07) is 5.28. The van der Waals surface area contributed by atoms with Gasteiger partial charge in [-0.3, -0.25) is 15.0 Å². The maximum Gasteiger partial charge on any atom is 0.270 e. The van der Waals surface area contributed by atoms with E-state index in [2.05, 4.69) is 9.80 Å². The van der Waals surface area contributed by atoms with Gasteiger partial charge in [-0.15, -0.1) is 0 Å². The number of nitro groups is 1. The van der Waals surface area contributed by atoms with Crippen LogP contribution in [0, 0.1) is 10.1 Å². The molecule has 0 amide bonds. The molecule has 0 aromatic heterocycles. The lowest BCUT2D eigenvalue weighted by atomic mass is 10.1. The van der Waals surface area contributed by atoms with E-state index in [4.69, 9.17) is 0 Å². The average molecular weight is 382 g/mol. The van der Waals surface area contributed by atoms with Crippen LogP contribution >= 0.6 is 0 Å². The van der Waals surface area contributed by atoms with Crippen LogP contribution < -0.4 is 0 Å². The Morgan fingerprint density at radius 3 is 2.15 bits per heavy atom. The van der Waals surface area contributed by atoms with Gasteiger partial charge in [0.15, 0.2) is 0 Å². The van der Waals surface area contributed by atoms with Gasteiger partial charge in [0.1, 0.15) is 0 Å². The van der Waals surface area contributed by atoms with E-state index in [1.165, 1.54) is 54.9 Å². The van der Waals surface area contributed by atoms with E-state index in [-0.39, 0.29) is 10.6 Å². The molecule has 2 aliphatic heterocycles. The first-order valence-electron chi connectivity index (χ1n) is 9.16. The summed E-state index contributed by atoms with van der Waals surface area (Å²) in [7, 11) is -3.69. The first kappa shape index (κ1) is 19.2. The highest BCUT2D eigenvalue weighted by molar-refractivity contribution is 7.89. The molecule has 1 aromatic rings. The van der Waals surface area contributed by atoms with Gasteiger partial charge in [0.25, 0.3) is 5.69 Å². The number of piperidine rings is 1. The molecule has 2 fully saturated rings. The summed E-state index contributed by atoms with van der Waals surface area (Å²) >= 11 is 0. The lowest BCUT2D eigenvalue weighted by molar-refractivity contribution is -0.385. The highest BCUT2D eigenvalue weighted by Crippen LogP contribution is 2.22. The van der Waals surface area contributed by atoms with Gasteiger partial charge in [-0.05, 0) is 32.0 Å². The van der Waals surface area contributed by atoms with Gasteiger partial charge >= 0.3 is 0 Å². The van der Waals surface area contributed by atoms with Crippen molar-refractivity contribution in [2.24, 2.45) is 0 Å². The molecule has 0 saturated carbocycles. The summed E-state index contributed by atoms with van der Waals surface area (Å²) in [5, 5.41) is 10.9. The van der Waals surface area contributed by atoms with Crippen molar-refractivity contribution in [1.29, 1.82) is 0 Å². The number of sulfonamides is 1. The largest absolute Gasteiger partial charge is 0.302 e. The van der Waals surface area contributed by atoms with Crippen LogP contribution in [0.4, 0.5) is 5.69 Å². The standard InChI is InChI=1S/C17H26N4O4S/c22-21(23)16-5-4-6-17(15-16)26(24,25)20-13-11-19(12-14-20)10-9-18-7-2-1-3-8-18/h4-6,15H,1-3,7-14H2. The molecular formula is C17H26N4O4S. The summed E-state index contributed by atoms with van der Waals surface area (Å²) in [5.74, 6) is 0. The van der Waals surface area contributed by atoms with Crippen LogP contribution in [0.15, 0.2) is 29.2 Å². The SMILES string of the molecule is O=[N+]([O-])c1cccc(S(=O)(=O)N2CCN(CCN3CCCCC3)CC2)c1. The van der Waals surface area contributed by atoms with E-state index < -0.39 is 14.9 Å². The Labute approximate surface area is 154 Å². The summed E-state index contributed by atoms with van der Waals surface area (Å²) in [5.41, 5.74) is -0.203. The van der Waals surface area contributed by atoms with Crippen molar-refractivity contribution in [2.75, 3.05) is 52.4 Å². The van der Waals surface area contributed by atoms with E-state index >= 15 is 0 Å². The summed E-state index contributed by atoms with van der Waals surface area (Å²) in [4.78, 5) is 15.1. The highest BCUT2D eigenvalue weighted by atomic mass is 32.2. The molecule has 3 rings (SSSR count). The van der Waals surface area contributed by atoms with E-state index in [9.17, 15) is 18.5 Å². The molecule has 1 aromatic carbocycles. The molecule has 2 aliphatic rings. The number of piperazine rings is 1. The maximum atomic E-state index is 12.8. The Morgan fingerprint density at radius 1 is 0.923 bits per heavy atom. The van der Waals surface area contributed by atoms with E-state index in [1.807, 2.05) is 0 Å². The Balaban J connectivity index is 1.55. The van der Waals surface area contributed by atoms with Crippen LogP contribution in [0.1, 0.15) is 19.3 Å². The highest BCUT2D eigenvalue weighted by Gasteiger charge is 2.29. The first-order valence-corrected chi connectivity index (χ1v) is 10.6. The van der Waals surface area contributed by atoms with Gasteiger partial charge < -0.3 is 4.90 Å². The number of benzene rings is 1. The van der Waals surface area contributed by atoms with E-state index in [0.717, 1.165) is 19.2 Å². The first-order chi connectivity index (χ1) is 12.5. The van der Waals surface area contributed by atoms with Gasteiger partial charge in [0.05, 0.1) is 9.82 Å². The molecular weight excluding hydrogens is 356 g/mol. The number of nitrogens with zero attached hydrogens (tertiary/aromatic N) is 4. The molecule has 26 heavy (non-hydrogen) atoms. The van der Waals surface area contributed by atoms with Crippen LogP contribution in [0.2, 0.25) is 0 Å². The average Bonchev–Trinajstić information content (AvgIpc) is 2.67. The molecule has 144 valence electrons. The van der Waals surface area contributed by atoms with Crippen LogP contribution in [0.5, 0.6) is 0 Å². The molecule has 2 saturated heterocycles. The van der Waals surface area contributed by atoms with Crippen LogP contribution in [-0.4, -0.2) is 79.8 Å². The fourth-order valence-electron chi connectivity index (χ4n) is 3.57. The number of rotatable bonds is 6. The van der Waals surface area contributed by atoms with Crippen LogP contribution in [0.3, 0.4) is 0 Å². The molecule has 0 spiro atoms. The van der Waals surface area contributed by atoms with Crippen LogP contribution in [0.25, 0.3) is 0 Å². The molecule has 0 atom stereocenters. The summed E-state index contributed by atoms with van der Waals surface area (Å²) in [6.45, 7) is 6.57. The molecule has 0 unspecified atom stereocenters. The fraction of sp³-hybridized carbons (Fsp3) is 0.647. The fourth-order valence-corrected chi connectivity index (χ4v) is 5.03. The summed E-state index contributed by atoms with van der Waals surface area (Å²) in [6.07, 6.45) is 3.87. The number of nitro benzene ring substituents is 1. The zero-order chi connectivity index (χ0) is 18.6. The molecule has 2 heterocycles. The van der Waals surface area contributed by atoms with E-state index in [1.54, 1.807) is 0 Å².